The van der Waals surface area contributed by atoms with Crippen LogP contribution in [0, 0.1) is 23.7 Å². The van der Waals surface area contributed by atoms with Gasteiger partial charge in [0, 0.05) is 23.9 Å². The van der Waals surface area contributed by atoms with Gasteiger partial charge in [0.1, 0.15) is 5.75 Å². The van der Waals surface area contributed by atoms with Crippen LogP contribution in [0.15, 0.2) is 53.6 Å². The molecule has 214 valence electrons. The Hall–Kier alpha value is -2.56. The second-order valence-electron chi connectivity index (χ2n) is 11.8. The number of hydrogen-bond acceptors (Lipinski definition) is 7. The Morgan fingerprint density at radius 1 is 1.07 bits per heavy atom. The van der Waals surface area contributed by atoms with E-state index in [4.69, 9.17) is 36.2 Å². The van der Waals surface area contributed by atoms with Gasteiger partial charge in [0.15, 0.2) is 17.0 Å². The molecule has 4 heterocycles. The lowest BCUT2D eigenvalue weighted by Crippen LogP contribution is -2.70. The summed E-state index contributed by atoms with van der Waals surface area (Å²) in [6, 6.07) is 15.9. The van der Waals surface area contributed by atoms with E-state index < -0.39 is 24.0 Å². The van der Waals surface area contributed by atoms with Crippen LogP contribution < -0.4 is 15.5 Å². The van der Waals surface area contributed by atoms with Crippen molar-refractivity contribution in [3.63, 3.8) is 0 Å². The van der Waals surface area contributed by atoms with Gasteiger partial charge in [-0.3, -0.25) is 5.43 Å². The van der Waals surface area contributed by atoms with Crippen molar-refractivity contribution >= 4 is 29.2 Å². The molecule has 2 N–H and O–H groups in total. The molecule has 2 aromatic carbocycles. The molecule has 2 aromatic rings. The van der Waals surface area contributed by atoms with Gasteiger partial charge in [-0.1, -0.05) is 39.0 Å². The van der Waals surface area contributed by atoms with Crippen molar-refractivity contribution in [2.45, 2.75) is 83.8 Å². The number of para-hydroxylation sites is 1. The average Bonchev–Trinajstić information content (AvgIpc) is 3.18. The molecule has 5 fully saturated rings. The van der Waals surface area contributed by atoms with E-state index in [0.29, 0.717) is 16.9 Å². The fourth-order valence-corrected chi connectivity index (χ4v) is 7.20. The first-order valence-electron chi connectivity index (χ1n) is 14.5. The van der Waals surface area contributed by atoms with E-state index in [-0.39, 0.29) is 11.8 Å². The second-order valence-corrected chi connectivity index (χ2v) is 12.2. The lowest BCUT2D eigenvalue weighted by Gasteiger charge is -2.60. The van der Waals surface area contributed by atoms with Crippen LogP contribution in [0.3, 0.4) is 0 Å². The van der Waals surface area contributed by atoms with Crippen molar-refractivity contribution < 1.29 is 24.0 Å². The van der Waals surface area contributed by atoms with Crippen LogP contribution in [-0.2, 0) is 25.7 Å². The van der Waals surface area contributed by atoms with Crippen molar-refractivity contribution in [2.24, 2.45) is 28.8 Å². The molecule has 0 amide bonds. The summed E-state index contributed by atoms with van der Waals surface area (Å²) in [5.74, 6) is 1.13. The lowest BCUT2D eigenvalue weighted by atomic mass is 9.58. The normalized spacial score (nSPS) is 36.5. The number of hydrogen-bond donors (Lipinski definition) is 2. The second kappa shape index (κ2) is 11.0. The number of hydrazone groups is 1. The summed E-state index contributed by atoms with van der Waals surface area (Å²) in [5, 5.41) is 7.93. The first-order chi connectivity index (χ1) is 19.3. The summed E-state index contributed by atoms with van der Waals surface area (Å²) in [7, 11) is 0. The first kappa shape index (κ1) is 27.6. The molecule has 1 saturated carbocycles. The zero-order chi connectivity index (χ0) is 27.9. The number of benzene rings is 2. The van der Waals surface area contributed by atoms with Gasteiger partial charge in [-0.25, -0.2) is 9.78 Å². The Balaban J connectivity index is 1.09. The number of nitrogens with one attached hydrogen (secondary N) is 2. The van der Waals surface area contributed by atoms with Crippen molar-refractivity contribution in [1.82, 2.24) is 5.43 Å². The van der Waals surface area contributed by atoms with Crippen LogP contribution in [0.2, 0.25) is 0 Å². The van der Waals surface area contributed by atoms with Gasteiger partial charge in [0.25, 0.3) is 0 Å². The summed E-state index contributed by atoms with van der Waals surface area (Å²) in [5.41, 5.74) is 5.40. The number of anilines is 1. The van der Waals surface area contributed by atoms with E-state index in [1.807, 2.05) is 49.4 Å². The Morgan fingerprint density at radius 2 is 1.88 bits per heavy atom. The van der Waals surface area contributed by atoms with Gasteiger partial charge in [0.05, 0.1) is 6.21 Å². The molecular weight excluding hydrogens is 526 g/mol. The molecule has 40 heavy (non-hydrogen) atoms. The minimum absolute atomic E-state index is 0.109. The van der Waals surface area contributed by atoms with Gasteiger partial charge in [0.2, 0.25) is 12.1 Å². The van der Waals surface area contributed by atoms with Gasteiger partial charge >= 0.3 is 0 Å². The summed E-state index contributed by atoms with van der Waals surface area (Å²) >= 11 is 5.40. The van der Waals surface area contributed by atoms with Crippen LogP contribution in [0.25, 0.3) is 0 Å². The molecule has 4 aliphatic heterocycles. The molecule has 4 saturated heterocycles. The Kier molecular flexibility index (Phi) is 7.61. The number of fused-ring (bicyclic) bond motifs is 2. The predicted octanol–water partition coefficient (Wildman–Crippen LogP) is 6.16. The highest BCUT2D eigenvalue weighted by molar-refractivity contribution is 7.80. The number of nitrogens with zero attached hydrogens (tertiary/aromatic N) is 1. The summed E-state index contributed by atoms with van der Waals surface area (Å²) in [6.07, 6.45) is 5.68. The molecule has 1 unspecified atom stereocenters. The molecule has 7 rings (SSSR count). The van der Waals surface area contributed by atoms with E-state index in [2.05, 4.69) is 42.7 Å². The van der Waals surface area contributed by atoms with E-state index in [1.54, 1.807) is 6.21 Å². The van der Waals surface area contributed by atoms with Crippen molar-refractivity contribution in [1.29, 1.82) is 0 Å². The van der Waals surface area contributed by atoms with E-state index in [0.717, 1.165) is 49.1 Å². The molecule has 1 aliphatic carbocycles. The third kappa shape index (κ3) is 5.03. The van der Waals surface area contributed by atoms with Gasteiger partial charge in [-0.05, 0) is 98.1 Å². The highest BCUT2D eigenvalue weighted by atomic mass is 32.1. The predicted molar refractivity (Wildman–Crippen MR) is 157 cm³/mol. The van der Waals surface area contributed by atoms with Crippen molar-refractivity contribution in [3.8, 4) is 5.75 Å². The zero-order valence-electron chi connectivity index (χ0n) is 23.6. The van der Waals surface area contributed by atoms with Crippen LogP contribution in [0.1, 0.15) is 64.5 Å². The van der Waals surface area contributed by atoms with Gasteiger partial charge in [-0.15, -0.1) is 0 Å². The largest absolute Gasteiger partial charge is 0.465 e. The fourth-order valence-electron chi connectivity index (χ4n) is 7.04. The first-order valence-corrected chi connectivity index (χ1v) is 14.9. The number of thiocarbonyl (C=S) groups is 1. The quantitative estimate of drug-likeness (QED) is 0.187. The maximum absolute atomic E-state index is 6.54. The molecule has 9 heteroatoms. The third-order valence-corrected chi connectivity index (χ3v) is 9.45. The van der Waals surface area contributed by atoms with Crippen molar-refractivity contribution in [2.75, 3.05) is 5.32 Å². The topological polar surface area (TPSA) is 82.6 Å². The van der Waals surface area contributed by atoms with Crippen LogP contribution in [0.4, 0.5) is 5.69 Å². The van der Waals surface area contributed by atoms with Crippen LogP contribution >= 0.6 is 12.2 Å². The monoisotopic (exact) mass is 565 g/mol. The lowest BCUT2D eigenvalue weighted by molar-refractivity contribution is -0.575. The Bertz CT molecular complexity index is 1260. The highest BCUT2D eigenvalue weighted by Crippen LogP contribution is 2.60. The maximum Gasteiger partial charge on any atom is 0.205 e. The molecule has 0 radical (unpaired) electrons. The average molecular weight is 566 g/mol. The van der Waals surface area contributed by atoms with E-state index >= 15 is 0 Å². The minimum Gasteiger partial charge on any atom is -0.465 e. The molecule has 2 bridgehead atoms. The molecule has 8 nitrogen and oxygen atoms in total. The standard InChI is InChI=1S/C31H39N3O5S/c1-5-22-8-6-7-9-26(22)33-29(40)34-32-18-21-11-13-23(14-12-21)35-27-20(3)25-15-10-19(2)24-16-17-30(4)37-28(36-27)31(24,25)39-38-30/h6-9,11-14,18-20,24-25,27-28H,5,10,15-17H2,1-4H3,(H2,33,34,40)/b32-18+/t19-,20-,24+,25+,27+,28?,30+,31-/m1/s1. The minimum atomic E-state index is -0.797. The van der Waals surface area contributed by atoms with Gasteiger partial charge < -0.3 is 19.5 Å². The number of rotatable bonds is 6. The summed E-state index contributed by atoms with van der Waals surface area (Å²) < 4.78 is 19.4. The van der Waals surface area contributed by atoms with Crippen LogP contribution in [0.5, 0.6) is 5.75 Å². The Morgan fingerprint density at radius 3 is 2.67 bits per heavy atom. The van der Waals surface area contributed by atoms with E-state index in [1.165, 1.54) is 5.56 Å². The Labute approximate surface area is 241 Å². The molecule has 5 aliphatic rings. The number of ether oxygens (including phenoxy) is 3. The third-order valence-electron chi connectivity index (χ3n) is 9.26. The molecular formula is C31H39N3O5S. The smallest absolute Gasteiger partial charge is 0.205 e. The fraction of sp³-hybridized carbons (Fsp3) is 0.548. The molecule has 8 atom stereocenters. The molecule has 0 aromatic heterocycles. The van der Waals surface area contributed by atoms with Crippen LogP contribution in [-0.4, -0.2) is 35.3 Å². The van der Waals surface area contributed by atoms with E-state index in [9.17, 15) is 0 Å². The SMILES string of the molecule is CCc1ccccc1NC(=S)N/N=C/c1ccc(O[C@H]2OC3O[C@]4(C)CC[C@H]5[C@H](C)CC[C@@H]([C@H]2C)[C@@]35OO4)cc1. The maximum atomic E-state index is 6.54. The zero-order valence-corrected chi connectivity index (χ0v) is 24.4. The number of aryl methyl sites for hydroxylation is 1. The highest BCUT2D eigenvalue weighted by Gasteiger charge is 2.69. The van der Waals surface area contributed by atoms with Gasteiger partial charge in [-0.2, -0.15) is 5.10 Å². The summed E-state index contributed by atoms with van der Waals surface area (Å²) in [4.78, 5) is 12.1. The molecule has 1 spiro atoms. The van der Waals surface area contributed by atoms with Crippen molar-refractivity contribution in [3.05, 3.63) is 59.7 Å². The summed E-state index contributed by atoms with van der Waals surface area (Å²) in [6.45, 7) is 8.57.